The number of aromatic amines is 1. The maximum Gasteiger partial charge on any atom is 0.251 e. The Bertz CT molecular complexity index is 598. The van der Waals surface area contributed by atoms with E-state index in [9.17, 15) is 9.90 Å². The van der Waals surface area contributed by atoms with Crippen LogP contribution >= 0.6 is 0 Å². The van der Waals surface area contributed by atoms with Crippen LogP contribution in [0.2, 0.25) is 0 Å². The van der Waals surface area contributed by atoms with Crippen LogP contribution in [0.3, 0.4) is 0 Å². The third-order valence-corrected chi connectivity index (χ3v) is 3.52. The van der Waals surface area contributed by atoms with Gasteiger partial charge in [0, 0.05) is 18.0 Å². The molecule has 2 aromatic rings. The van der Waals surface area contributed by atoms with Gasteiger partial charge in [0.1, 0.15) is 5.82 Å². The van der Waals surface area contributed by atoms with Gasteiger partial charge >= 0.3 is 0 Å². The average Bonchev–Trinajstić information content (AvgIpc) is 2.99. The number of hydrogen-bond donors (Lipinski definition) is 3. The maximum atomic E-state index is 12.2. The van der Waals surface area contributed by atoms with Gasteiger partial charge in [-0.15, -0.1) is 0 Å². The van der Waals surface area contributed by atoms with Crippen LogP contribution in [0.1, 0.15) is 55.0 Å². The molecular weight excluding hydrogens is 278 g/mol. The Hall–Kier alpha value is -2.14. The van der Waals surface area contributed by atoms with Crippen molar-refractivity contribution in [3.8, 4) is 0 Å². The quantitative estimate of drug-likeness (QED) is 0.767. The number of aryl methyl sites for hydroxylation is 1. The topological polar surface area (TPSA) is 78.0 Å². The van der Waals surface area contributed by atoms with E-state index >= 15 is 0 Å². The van der Waals surface area contributed by atoms with Crippen LogP contribution in [0, 0.1) is 0 Å². The van der Waals surface area contributed by atoms with Crippen molar-refractivity contribution < 1.29 is 9.90 Å². The molecule has 0 aliphatic carbocycles. The molecule has 0 fully saturated rings. The second kappa shape index (κ2) is 6.75. The molecular formula is C17H23N3O2. The van der Waals surface area contributed by atoms with Gasteiger partial charge in [-0.25, -0.2) is 4.98 Å². The number of aliphatic hydroxyl groups is 1. The van der Waals surface area contributed by atoms with Crippen LogP contribution < -0.4 is 5.32 Å². The SMILES string of the molecule is C[C@H](NC(=O)c1ccc(CCC(C)(C)O)cc1)c1ncc[nH]1. The van der Waals surface area contributed by atoms with Crippen LogP contribution in [0.25, 0.3) is 0 Å². The van der Waals surface area contributed by atoms with Crippen LogP contribution in [-0.2, 0) is 6.42 Å². The summed E-state index contributed by atoms with van der Waals surface area (Å²) in [6, 6.07) is 7.31. The zero-order chi connectivity index (χ0) is 16.2. The Morgan fingerprint density at radius 3 is 2.59 bits per heavy atom. The van der Waals surface area contributed by atoms with E-state index in [1.165, 1.54) is 0 Å². The molecule has 5 nitrogen and oxygen atoms in total. The van der Waals surface area contributed by atoms with Crippen LogP contribution in [-0.4, -0.2) is 26.6 Å². The molecule has 0 unspecified atom stereocenters. The lowest BCUT2D eigenvalue weighted by Gasteiger charge is -2.16. The van der Waals surface area contributed by atoms with Crippen molar-refractivity contribution in [2.45, 2.75) is 45.3 Å². The molecule has 3 N–H and O–H groups in total. The third-order valence-electron chi connectivity index (χ3n) is 3.52. The number of H-pyrrole nitrogens is 1. The zero-order valence-electron chi connectivity index (χ0n) is 13.3. The summed E-state index contributed by atoms with van der Waals surface area (Å²) in [5, 5.41) is 12.6. The third kappa shape index (κ3) is 4.70. The Labute approximate surface area is 130 Å². The number of aromatic nitrogens is 2. The standard InChI is InChI=1S/C17H23N3O2/c1-12(15-18-10-11-19-15)20-16(21)14-6-4-13(5-7-14)8-9-17(2,3)22/h4-7,10-12,22H,8-9H2,1-3H3,(H,18,19)(H,20,21)/t12-/m0/s1. The molecule has 22 heavy (non-hydrogen) atoms. The van der Waals surface area contributed by atoms with Crippen molar-refractivity contribution in [1.29, 1.82) is 0 Å². The second-order valence-corrected chi connectivity index (χ2v) is 6.18. The van der Waals surface area contributed by atoms with Crippen molar-refractivity contribution in [3.05, 3.63) is 53.6 Å². The number of carbonyl (C=O) groups excluding carboxylic acids is 1. The molecule has 0 saturated heterocycles. The van der Waals surface area contributed by atoms with Crippen LogP contribution in [0.15, 0.2) is 36.7 Å². The van der Waals surface area contributed by atoms with Crippen molar-refractivity contribution in [2.24, 2.45) is 0 Å². The fourth-order valence-electron chi connectivity index (χ4n) is 2.14. The zero-order valence-corrected chi connectivity index (χ0v) is 13.3. The smallest absolute Gasteiger partial charge is 0.251 e. The van der Waals surface area contributed by atoms with Gasteiger partial charge in [-0.3, -0.25) is 4.79 Å². The number of benzene rings is 1. The van der Waals surface area contributed by atoms with E-state index in [1.54, 1.807) is 26.2 Å². The summed E-state index contributed by atoms with van der Waals surface area (Å²) in [6.45, 7) is 5.48. The van der Waals surface area contributed by atoms with E-state index in [1.807, 2.05) is 31.2 Å². The Kier molecular flexibility index (Phi) is 4.98. The molecule has 0 saturated carbocycles. The first kappa shape index (κ1) is 16.2. The fraction of sp³-hybridized carbons (Fsp3) is 0.412. The molecule has 1 aromatic carbocycles. The molecule has 118 valence electrons. The predicted octanol–water partition coefficient (Wildman–Crippen LogP) is 2.60. The molecule has 1 aromatic heterocycles. The molecule has 1 amide bonds. The first-order chi connectivity index (χ1) is 10.3. The average molecular weight is 301 g/mol. The molecule has 0 radical (unpaired) electrons. The summed E-state index contributed by atoms with van der Waals surface area (Å²) in [4.78, 5) is 19.3. The minimum Gasteiger partial charge on any atom is -0.390 e. The monoisotopic (exact) mass is 301 g/mol. The highest BCUT2D eigenvalue weighted by molar-refractivity contribution is 5.94. The maximum absolute atomic E-state index is 12.2. The van der Waals surface area contributed by atoms with Crippen molar-refractivity contribution in [3.63, 3.8) is 0 Å². The molecule has 5 heteroatoms. The molecule has 0 aliphatic heterocycles. The molecule has 0 spiro atoms. The van der Waals surface area contributed by atoms with Gasteiger partial charge in [0.05, 0.1) is 11.6 Å². The number of nitrogens with one attached hydrogen (secondary N) is 2. The highest BCUT2D eigenvalue weighted by Gasteiger charge is 2.14. The Balaban J connectivity index is 1.93. The minimum absolute atomic E-state index is 0.127. The lowest BCUT2D eigenvalue weighted by Crippen LogP contribution is -2.27. The van der Waals surface area contributed by atoms with Crippen LogP contribution in [0.4, 0.5) is 0 Å². The number of carbonyl (C=O) groups is 1. The van der Waals surface area contributed by atoms with E-state index in [4.69, 9.17) is 0 Å². The largest absolute Gasteiger partial charge is 0.390 e. The number of imidazole rings is 1. The summed E-state index contributed by atoms with van der Waals surface area (Å²) < 4.78 is 0. The molecule has 1 atom stereocenters. The Morgan fingerprint density at radius 1 is 1.36 bits per heavy atom. The predicted molar refractivity (Wildman–Crippen MR) is 85.5 cm³/mol. The summed E-state index contributed by atoms with van der Waals surface area (Å²) >= 11 is 0. The Morgan fingerprint density at radius 2 is 2.05 bits per heavy atom. The lowest BCUT2D eigenvalue weighted by molar-refractivity contribution is 0.0713. The van der Waals surface area contributed by atoms with Gasteiger partial charge in [0.25, 0.3) is 5.91 Å². The van der Waals surface area contributed by atoms with E-state index in [2.05, 4.69) is 15.3 Å². The van der Waals surface area contributed by atoms with Crippen molar-refractivity contribution in [2.75, 3.05) is 0 Å². The number of amides is 1. The van der Waals surface area contributed by atoms with Gasteiger partial charge in [-0.2, -0.15) is 0 Å². The number of rotatable bonds is 6. The van der Waals surface area contributed by atoms with Gasteiger partial charge in [-0.05, 0) is 51.3 Å². The molecule has 0 bridgehead atoms. The molecule has 0 aliphatic rings. The van der Waals surface area contributed by atoms with Crippen LogP contribution in [0.5, 0.6) is 0 Å². The molecule has 2 rings (SSSR count). The van der Waals surface area contributed by atoms with Crippen molar-refractivity contribution in [1.82, 2.24) is 15.3 Å². The lowest BCUT2D eigenvalue weighted by atomic mass is 9.98. The van der Waals surface area contributed by atoms with Gasteiger partial charge in [0.2, 0.25) is 0 Å². The summed E-state index contributed by atoms with van der Waals surface area (Å²) in [7, 11) is 0. The number of hydrogen-bond acceptors (Lipinski definition) is 3. The fourth-order valence-corrected chi connectivity index (χ4v) is 2.14. The number of nitrogens with zero attached hydrogens (tertiary/aromatic N) is 1. The molecule has 1 heterocycles. The van der Waals surface area contributed by atoms with Gasteiger partial charge in [0.15, 0.2) is 0 Å². The van der Waals surface area contributed by atoms with Gasteiger partial charge < -0.3 is 15.4 Å². The van der Waals surface area contributed by atoms with E-state index in [-0.39, 0.29) is 11.9 Å². The van der Waals surface area contributed by atoms with E-state index < -0.39 is 5.60 Å². The van der Waals surface area contributed by atoms with E-state index in [0.29, 0.717) is 12.0 Å². The second-order valence-electron chi connectivity index (χ2n) is 6.18. The summed E-state index contributed by atoms with van der Waals surface area (Å²) in [5.41, 5.74) is 1.05. The highest BCUT2D eigenvalue weighted by atomic mass is 16.3. The first-order valence-corrected chi connectivity index (χ1v) is 7.46. The summed E-state index contributed by atoms with van der Waals surface area (Å²) in [5.74, 6) is 0.605. The van der Waals surface area contributed by atoms with Crippen molar-refractivity contribution >= 4 is 5.91 Å². The normalized spacial score (nSPS) is 12.9. The first-order valence-electron chi connectivity index (χ1n) is 7.46. The van der Waals surface area contributed by atoms with Gasteiger partial charge in [-0.1, -0.05) is 12.1 Å². The minimum atomic E-state index is -0.672. The summed E-state index contributed by atoms with van der Waals surface area (Å²) in [6.07, 6.45) is 4.87. The van der Waals surface area contributed by atoms with E-state index in [0.717, 1.165) is 17.8 Å². The highest BCUT2D eigenvalue weighted by Crippen LogP contribution is 2.14.